The van der Waals surface area contributed by atoms with Crippen molar-refractivity contribution >= 4 is 5.91 Å². The molecule has 1 atom stereocenters. The fourth-order valence-corrected chi connectivity index (χ4v) is 2.99. The van der Waals surface area contributed by atoms with Crippen molar-refractivity contribution in [3.63, 3.8) is 0 Å². The summed E-state index contributed by atoms with van der Waals surface area (Å²) in [5, 5.41) is 7.00. The van der Waals surface area contributed by atoms with Crippen LogP contribution in [0.5, 0.6) is 0 Å². The van der Waals surface area contributed by atoms with Gasteiger partial charge in [0.15, 0.2) is 0 Å². The zero-order valence-corrected chi connectivity index (χ0v) is 12.4. The summed E-state index contributed by atoms with van der Waals surface area (Å²) in [5.74, 6) is 0.124. The van der Waals surface area contributed by atoms with Gasteiger partial charge in [-0.3, -0.25) is 14.8 Å². The molecule has 1 aliphatic heterocycles. The number of aromatic amines is 1. The van der Waals surface area contributed by atoms with Crippen molar-refractivity contribution in [1.29, 1.82) is 0 Å². The lowest BCUT2D eigenvalue weighted by molar-refractivity contribution is 0.0776. The van der Waals surface area contributed by atoms with Gasteiger partial charge in [-0.15, -0.1) is 0 Å². The predicted octanol–water partition coefficient (Wildman–Crippen LogP) is 1.58. The summed E-state index contributed by atoms with van der Waals surface area (Å²) >= 11 is 0. The van der Waals surface area contributed by atoms with Crippen molar-refractivity contribution in [3.8, 4) is 0 Å². The Kier molecular flexibility index (Phi) is 4.24. The highest BCUT2D eigenvalue weighted by Crippen LogP contribution is 2.20. The third-order valence-corrected chi connectivity index (χ3v) is 4.12. The number of carbonyl (C=O) groups excluding carboxylic acids is 1. The first-order valence-electron chi connectivity index (χ1n) is 7.13. The molecular formula is C14H24N4O. The van der Waals surface area contributed by atoms with E-state index in [2.05, 4.69) is 28.9 Å². The fourth-order valence-electron chi connectivity index (χ4n) is 2.99. The van der Waals surface area contributed by atoms with Gasteiger partial charge in [-0.25, -0.2) is 0 Å². The van der Waals surface area contributed by atoms with Crippen LogP contribution in [0.1, 0.15) is 42.0 Å². The molecule has 0 aromatic carbocycles. The fraction of sp³-hybridized carbons (Fsp3) is 0.714. The standard InChI is InChI=1S/C14H24N4O/c1-5-17(6-2)12-7-8-18(9-12)14(19)13-10(3)15-16-11(13)4/h12H,5-9H2,1-4H3,(H,15,16). The van der Waals surface area contributed by atoms with E-state index in [-0.39, 0.29) is 5.91 Å². The predicted molar refractivity (Wildman–Crippen MR) is 75.3 cm³/mol. The van der Waals surface area contributed by atoms with Crippen LogP contribution in [0.3, 0.4) is 0 Å². The molecule has 0 bridgehead atoms. The van der Waals surface area contributed by atoms with Crippen LogP contribution in [-0.4, -0.2) is 58.1 Å². The average Bonchev–Trinajstić information content (AvgIpc) is 2.99. The third kappa shape index (κ3) is 2.66. The molecule has 1 aromatic rings. The molecule has 1 amide bonds. The minimum atomic E-state index is 0.124. The van der Waals surface area contributed by atoms with Crippen LogP contribution in [-0.2, 0) is 0 Å². The van der Waals surface area contributed by atoms with Crippen molar-refractivity contribution in [1.82, 2.24) is 20.0 Å². The Balaban J connectivity index is 2.07. The van der Waals surface area contributed by atoms with Crippen molar-refractivity contribution in [2.45, 2.75) is 40.2 Å². The van der Waals surface area contributed by atoms with Gasteiger partial charge in [0.2, 0.25) is 0 Å². The van der Waals surface area contributed by atoms with Gasteiger partial charge in [0.1, 0.15) is 0 Å². The van der Waals surface area contributed by atoms with E-state index in [0.29, 0.717) is 6.04 Å². The molecule has 1 fully saturated rings. The van der Waals surface area contributed by atoms with Crippen LogP contribution in [0.15, 0.2) is 0 Å². The summed E-state index contributed by atoms with van der Waals surface area (Å²) in [5.41, 5.74) is 2.42. The topological polar surface area (TPSA) is 52.2 Å². The lowest BCUT2D eigenvalue weighted by atomic mass is 10.2. The lowest BCUT2D eigenvalue weighted by Gasteiger charge is -2.26. The minimum Gasteiger partial charge on any atom is -0.337 e. The molecule has 0 aliphatic carbocycles. The molecule has 0 radical (unpaired) electrons. The third-order valence-electron chi connectivity index (χ3n) is 4.12. The van der Waals surface area contributed by atoms with Gasteiger partial charge in [-0.1, -0.05) is 13.8 Å². The largest absolute Gasteiger partial charge is 0.337 e. The summed E-state index contributed by atoms with van der Waals surface area (Å²) in [6.45, 7) is 11.9. The Labute approximate surface area is 115 Å². The van der Waals surface area contributed by atoms with Gasteiger partial charge in [-0.05, 0) is 33.4 Å². The molecule has 19 heavy (non-hydrogen) atoms. The number of hydrogen-bond acceptors (Lipinski definition) is 3. The zero-order valence-electron chi connectivity index (χ0n) is 12.4. The summed E-state index contributed by atoms with van der Waals surface area (Å²) in [4.78, 5) is 16.9. The molecule has 1 unspecified atom stereocenters. The molecule has 5 nitrogen and oxygen atoms in total. The van der Waals surface area contributed by atoms with Crippen molar-refractivity contribution in [2.24, 2.45) is 0 Å². The van der Waals surface area contributed by atoms with E-state index in [1.165, 1.54) is 0 Å². The number of aromatic nitrogens is 2. The van der Waals surface area contributed by atoms with E-state index in [0.717, 1.165) is 49.6 Å². The van der Waals surface area contributed by atoms with Crippen molar-refractivity contribution in [2.75, 3.05) is 26.2 Å². The number of nitrogens with one attached hydrogen (secondary N) is 1. The quantitative estimate of drug-likeness (QED) is 0.898. The first kappa shape index (κ1) is 14.1. The van der Waals surface area contributed by atoms with Gasteiger partial charge >= 0.3 is 0 Å². The van der Waals surface area contributed by atoms with E-state index in [1.807, 2.05) is 18.7 Å². The molecule has 2 heterocycles. The second-order valence-electron chi connectivity index (χ2n) is 5.22. The monoisotopic (exact) mass is 264 g/mol. The maximum atomic E-state index is 12.5. The van der Waals surface area contributed by atoms with Gasteiger partial charge in [0, 0.05) is 24.8 Å². The van der Waals surface area contributed by atoms with Crippen LogP contribution in [0.2, 0.25) is 0 Å². The Morgan fingerprint density at radius 1 is 1.42 bits per heavy atom. The molecule has 0 saturated carbocycles. The molecule has 1 aromatic heterocycles. The molecule has 2 rings (SSSR count). The lowest BCUT2D eigenvalue weighted by Crippen LogP contribution is -2.38. The van der Waals surface area contributed by atoms with E-state index < -0.39 is 0 Å². The maximum absolute atomic E-state index is 12.5. The second-order valence-corrected chi connectivity index (χ2v) is 5.22. The Bertz CT molecular complexity index is 431. The molecule has 5 heteroatoms. The highest BCUT2D eigenvalue weighted by atomic mass is 16.2. The Morgan fingerprint density at radius 2 is 2.11 bits per heavy atom. The maximum Gasteiger partial charge on any atom is 0.257 e. The summed E-state index contributed by atoms with van der Waals surface area (Å²) < 4.78 is 0. The van der Waals surface area contributed by atoms with Crippen molar-refractivity contribution < 1.29 is 4.79 Å². The smallest absolute Gasteiger partial charge is 0.257 e. The minimum absolute atomic E-state index is 0.124. The molecule has 0 spiro atoms. The first-order valence-corrected chi connectivity index (χ1v) is 7.13. The highest BCUT2D eigenvalue weighted by molar-refractivity contribution is 5.96. The zero-order chi connectivity index (χ0) is 14.0. The number of likely N-dealkylation sites (N-methyl/N-ethyl adjacent to an activating group) is 1. The van der Waals surface area contributed by atoms with Crippen LogP contribution < -0.4 is 0 Å². The van der Waals surface area contributed by atoms with Crippen LogP contribution in [0.4, 0.5) is 0 Å². The normalized spacial score (nSPS) is 19.4. The summed E-state index contributed by atoms with van der Waals surface area (Å²) in [6.07, 6.45) is 1.07. The summed E-state index contributed by atoms with van der Waals surface area (Å²) in [7, 11) is 0. The number of H-pyrrole nitrogens is 1. The number of carbonyl (C=O) groups is 1. The number of rotatable bonds is 4. The first-order chi connectivity index (χ1) is 9.08. The second kappa shape index (κ2) is 5.74. The molecule has 106 valence electrons. The van der Waals surface area contributed by atoms with Gasteiger partial charge < -0.3 is 4.90 Å². The van der Waals surface area contributed by atoms with Gasteiger partial charge in [0.25, 0.3) is 5.91 Å². The van der Waals surface area contributed by atoms with E-state index >= 15 is 0 Å². The highest BCUT2D eigenvalue weighted by Gasteiger charge is 2.31. The molecule has 1 saturated heterocycles. The van der Waals surface area contributed by atoms with E-state index in [9.17, 15) is 4.79 Å². The Morgan fingerprint density at radius 3 is 2.63 bits per heavy atom. The summed E-state index contributed by atoms with van der Waals surface area (Å²) in [6, 6.07) is 0.506. The van der Waals surface area contributed by atoms with Crippen LogP contribution in [0.25, 0.3) is 0 Å². The number of nitrogens with zero attached hydrogens (tertiary/aromatic N) is 3. The van der Waals surface area contributed by atoms with Gasteiger partial charge in [0.05, 0.1) is 11.3 Å². The number of amides is 1. The van der Waals surface area contributed by atoms with Crippen molar-refractivity contribution in [3.05, 3.63) is 17.0 Å². The average molecular weight is 264 g/mol. The van der Waals surface area contributed by atoms with E-state index in [4.69, 9.17) is 0 Å². The Hall–Kier alpha value is -1.36. The van der Waals surface area contributed by atoms with Gasteiger partial charge in [-0.2, -0.15) is 5.10 Å². The van der Waals surface area contributed by atoms with E-state index in [1.54, 1.807) is 0 Å². The number of likely N-dealkylation sites (tertiary alicyclic amines) is 1. The number of aryl methyl sites for hydroxylation is 2. The molecule has 1 N–H and O–H groups in total. The number of hydrogen-bond donors (Lipinski definition) is 1. The molecule has 1 aliphatic rings. The molecular weight excluding hydrogens is 240 g/mol. The van der Waals surface area contributed by atoms with Crippen LogP contribution >= 0.6 is 0 Å². The van der Waals surface area contributed by atoms with Crippen LogP contribution in [0, 0.1) is 13.8 Å². The SMILES string of the molecule is CCN(CC)C1CCN(C(=O)c2c(C)n[nH]c2C)C1.